The van der Waals surface area contributed by atoms with Crippen molar-refractivity contribution in [1.82, 2.24) is 0 Å². The molecule has 118 valence electrons. The number of carbonyl (C=O) groups is 1. The van der Waals surface area contributed by atoms with Crippen molar-refractivity contribution in [2.45, 2.75) is 19.9 Å². The van der Waals surface area contributed by atoms with Gasteiger partial charge in [-0.05, 0) is 49.9 Å². The Labute approximate surface area is 138 Å². The summed E-state index contributed by atoms with van der Waals surface area (Å²) in [7, 11) is 2.42. The van der Waals surface area contributed by atoms with Gasteiger partial charge in [0.25, 0.3) is 0 Å². The normalized spacial score (nSPS) is 13.1. The second-order valence-corrected chi connectivity index (χ2v) is 10.8. The molecule has 0 bridgehead atoms. The number of halogens is 1. The monoisotopic (exact) mass is 367 g/mol. The van der Waals surface area contributed by atoms with E-state index in [9.17, 15) is 4.79 Å². The molecule has 0 radical (unpaired) electrons. The predicted octanol–water partition coefficient (Wildman–Crippen LogP) is 3.68. The summed E-state index contributed by atoms with van der Waals surface area (Å²) in [6.45, 7) is 3.93. The van der Waals surface area contributed by atoms with Crippen molar-refractivity contribution in [3.8, 4) is 0 Å². The SMILES string of the molecule is COP(=S)=S(CC(=O)N(c1ccc(Cl)cc1)C(C)C)OC. The van der Waals surface area contributed by atoms with Gasteiger partial charge >= 0.3 is 0 Å². The summed E-state index contributed by atoms with van der Waals surface area (Å²) >= 11 is 11.1. The van der Waals surface area contributed by atoms with Crippen molar-refractivity contribution in [2.24, 2.45) is 0 Å². The van der Waals surface area contributed by atoms with Gasteiger partial charge in [-0.3, -0.25) is 4.79 Å². The predicted molar refractivity (Wildman–Crippen MR) is 94.6 cm³/mol. The van der Waals surface area contributed by atoms with E-state index >= 15 is 0 Å². The van der Waals surface area contributed by atoms with Crippen molar-refractivity contribution in [1.29, 1.82) is 0 Å². The number of hydrogen-bond acceptors (Lipinski definition) is 4. The molecule has 2 unspecified atom stereocenters. The molecule has 0 fully saturated rings. The van der Waals surface area contributed by atoms with Gasteiger partial charge in [-0.1, -0.05) is 11.6 Å². The first-order valence-electron chi connectivity index (χ1n) is 6.25. The van der Waals surface area contributed by atoms with Crippen LogP contribution in [0, 0.1) is 0 Å². The van der Waals surface area contributed by atoms with Gasteiger partial charge in [-0.2, -0.15) is 0 Å². The van der Waals surface area contributed by atoms with Crippen molar-refractivity contribution >= 4 is 51.1 Å². The van der Waals surface area contributed by atoms with Crippen LogP contribution in [-0.2, 0) is 35.7 Å². The second-order valence-electron chi connectivity index (χ2n) is 4.37. The van der Waals surface area contributed by atoms with Gasteiger partial charge in [0.1, 0.15) is 5.70 Å². The van der Waals surface area contributed by atoms with E-state index in [4.69, 9.17) is 32.1 Å². The van der Waals surface area contributed by atoms with E-state index in [2.05, 4.69) is 0 Å². The summed E-state index contributed by atoms with van der Waals surface area (Å²) in [5, 5.41) is 0.639. The van der Waals surface area contributed by atoms with E-state index in [0.717, 1.165) is 5.69 Å². The van der Waals surface area contributed by atoms with E-state index in [-0.39, 0.29) is 17.7 Å². The molecule has 0 saturated heterocycles. The molecule has 0 saturated carbocycles. The average Bonchev–Trinajstić information content (AvgIpc) is 2.45. The molecule has 0 aromatic heterocycles. The third kappa shape index (κ3) is 5.47. The first-order valence-corrected chi connectivity index (χ1v) is 10.8. The molecular formula is C13H19ClNO3PS2. The minimum atomic E-state index is -1.17. The zero-order chi connectivity index (χ0) is 16.0. The maximum atomic E-state index is 12.6. The van der Waals surface area contributed by atoms with E-state index in [1.807, 2.05) is 26.0 Å². The Morgan fingerprint density at radius 1 is 1.38 bits per heavy atom. The molecule has 0 aliphatic rings. The fraction of sp³-hybridized carbons (Fsp3) is 0.462. The molecule has 0 N–H and O–H groups in total. The zero-order valence-corrected chi connectivity index (χ0v) is 15.7. The fourth-order valence-electron chi connectivity index (χ4n) is 1.76. The second kappa shape index (κ2) is 9.03. The Morgan fingerprint density at radius 3 is 2.38 bits per heavy atom. The lowest BCUT2D eigenvalue weighted by atomic mass is 10.2. The first kappa shape index (κ1) is 18.8. The number of nitrogens with zero attached hydrogens (tertiary/aromatic N) is 1. The summed E-state index contributed by atoms with van der Waals surface area (Å²) in [4.78, 5) is 14.3. The number of hydrogen-bond donors (Lipinski definition) is 0. The van der Waals surface area contributed by atoms with Gasteiger partial charge in [0.15, 0.2) is 0 Å². The maximum absolute atomic E-state index is 12.6. The van der Waals surface area contributed by atoms with Crippen LogP contribution in [0.3, 0.4) is 0 Å². The third-order valence-corrected chi connectivity index (χ3v) is 8.63. The summed E-state index contributed by atoms with van der Waals surface area (Å²) in [6.07, 6.45) is 0. The lowest BCUT2D eigenvalue weighted by molar-refractivity contribution is -0.116. The number of amides is 1. The Hall–Kier alpha value is -0.230. The molecule has 21 heavy (non-hydrogen) atoms. The topological polar surface area (TPSA) is 38.8 Å². The quantitative estimate of drug-likeness (QED) is 0.719. The highest BCUT2D eigenvalue weighted by atomic mass is 35.5. The minimum absolute atomic E-state index is 0.0277. The van der Waals surface area contributed by atoms with Crippen molar-refractivity contribution in [2.75, 3.05) is 24.9 Å². The minimum Gasteiger partial charge on any atom is -0.320 e. The summed E-state index contributed by atoms with van der Waals surface area (Å²) in [5.74, 6) is 0.187. The third-order valence-electron chi connectivity index (χ3n) is 2.64. The van der Waals surface area contributed by atoms with E-state index in [1.165, 1.54) is 0 Å². The average molecular weight is 368 g/mol. The molecule has 1 amide bonds. The molecule has 4 nitrogen and oxygen atoms in total. The highest BCUT2D eigenvalue weighted by Crippen LogP contribution is 2.22. The largest absolute Gasteiger partial charge is 0.320 e. The van der Waals surface area contributed by atoms with Crippen LogP contribution in [0.25, 0.3) is 0 Å². The van der Waals surface area contributed by atoms with Gasteiger partial charge < -0.3 is 13.6 Å². The van der Waals surface area contributed by atoms with Crippen LogP contribution in [0.4, 0.5) is 5.69 Å². The lowest BCUT2D eigenvalue weighted by Gasteiger charge is -2.27. The molecule has 0 aliphatic heterocycles. The molecule has 2 atom stereocenters. The van der Waals surface area contributed by atoms with E-state index in [0.29, 0.717) is 5.02 Å². The number of rotatable bonds is 6. The van der Waals surface area contributed by atoms with Crippen molar-refractivity contribution < 1.29 is 13.5 Å². The number of anilines is 1. The van der Waals surface area contributed by atoms with Crippen LogP contribution >= 0.6 is 17.3 Å². The van der Waals surface area contributed by atoms with Crippen molar-refractivity contribution in [3.05, 3.63) is 29.3 Å². The maximum Gasteiger partial charge on any atom is 0.239 e. The smallest absolute Gasteiger partial charge is 0.239 e. The molecular weight excluding hydrogens is 349 g/mol. The van der Waals surface area contributed by atoms with Crippen LogP contribution in [0.15, 0.2) is 24.3 Å². The van der Waals surface area contributed by atoms with E-state index in [1.54, 1.807) is 31.3 Å². The van der Waals surface area contributed by atoms with Crippen LogP contribution < -0.4 is 4.90 Å². The van der Waals surface area contributed by atoms with Crippen molar-refractivity contribution in [3.63, 3.8) is 0 Å². The van der Waals surface area contributed by atoms with Gasteiger partial charge in [-0.15, -0.1) is 0 Å². The Morgan fingerprint density at radius 2 is 1.95 bits per heavy atom. The lowest BCUT2D eigenvalue weighted by Crippen LogP contribution is -2.39. The Kier molecular flexibility index (Phi) is 8.09. The van der Waals surface area contributed by atoms with Crippen LogP contribution in [0.1, 0.15) is 13.8 Å². The fourth-order valence-corrected chi connectivity index (χ4v) is 5.28. The zero-order valence-electron chi connectivity index (χ0n) is 12.4. The van der Waals surface area contributed by atoms with Gasteiger partial charge in [0.2, 0.25) is 5.91 Å². The molecule has 0 heterocycles. The van der Waals surface area contributed by atoms with Gasteiger partial charge in [0, 0.05) is 34.2 Å². The summed E-state index contributed by atoms with van der Waals surface area (Å²) < 4.78 is 10.5. The summed E-state index contributed by atoms with van der Waals surface area (Å²) in [6, 6.07) is 7.23. The number of benzene rings is 1. The first-order chi connectivity index (χ1) is 9.90. The Balaban J connectivity index is 3.04. The molecule has 1 rings (SSSR count). The van der Waals surface area contributed by atoms with E-state index < -0.39 is 16.1 Å². The highest BCUT2D eigenvalue weighted by molar-refractivity contribution is 8.35. The molecule has 8 heteroatoms. The van der Waals surface area contributed by atoms with Crippen LogP contribution in [0.5, 0.6) is 0 Å². The standard InChI is InChI=1S/C13H19ClNO3PS2/c1-10(2)15(12-7-5-11(14)6-8-12)13(16)9-21(18-4)19(20)17-3/h5-8,10H,9H2,1-4H3. The number of carbonyl (C=O) groups excluding carboxylic acids is 1. The highest BCUT2D eigenvalue weighted by Gasteiger charge is 2.20. The molecule has 0 aliphatic carbocycles. The summed E-state index contributed by atoms with van der Waals surface area (Å²) in [5.41, 5.74) is -0.362. The van der Waals surface area contributed by atoms with Crippen LogP contribution in [-0.4, -0.2) is 31.9 Å². The molecule has 1 aromatic rings. The van der Waals surface area contributed by atoms with Gasteiger partial charge in [-0.25, -0.2) is 0 Å². The van der Waals surface area contributed by atoms with Gasteiger partial charge in [0.05, 0.1) is 12.9 Å². The Bertz CT molecular complexity index is 571. The molecule has 0 spiro atoms. The van der Waals surface area contributed by atoms with Crippen LogP contribution in [0.2, 0.25) is 5.02 Å². The molecule has 1 aromatic carbocycles.